The summed E-state index contributed by atoms with van der Waals surface area (Å²) < 4.78 is 32.8. The summed E-state index contributed by atoms with van der Waals surface area (Å²) in [5.74, 6) is -1.50. The zero-order chi connectivity index (χ0) is 18.9. The van der Waals surface area contributed by atoms with E-state index in [1.165, 1.54) is 14.2 Å². The van der Waals surface area contributed by atoms with Gasteiger partial charge >= 0.3 is 11.9 Å². The molecule has 0 amide bonds. The van der Waals surface area contributed by atoms with E-state index in [4.69, 9.17) is 5.11 Å². The Bertz CT molecular complexity index is 662. The van der Waals surface area contributed by atoms with E-state index < -0.39 is 28.2 Å². The van der Waals surface area contributed by atoms with Gasteiger partial charge in [0, 0.05) is 26.1 Å². The number of ether oxygens (including phenoxy) is 1. The van der Waals surface area contributed by atoms with Crippen molar-refractivity contribution in [2.75, 3.05) is 20.7 Å². The van der Waals surface area contributed by atoms with Gasteiger partial charge in [-0.05, 0) is 18.4 Å². The van der Waals surface area contributed by atoms with Crippen molar-refractivity contribution >= 4 is 22.1 Å². The van der Waals surface area contributed by atoms with E-state index in [2.05, 4.69) is 9.46 Å². The number of methoxy groups -OCH3 is 1. The number of hydrogen-bond donors (Lipinski definition) is 2. The molecule has 0 fully saturated rings. The van der Waals surface area contributed by atoms with E-state index >= 15 is 0 Å². The molecule has 0 saturated carbocycles. The molecule has 8 nitrogen and oxygen atoms in total. The average Bonchev–Trinajstić information content (AvgIpc) is 2.57. The number of carbonyl (C=O) groups is 2. The van der Waals surface area contributed by atoms with Crippen molar-refractivity contribution in [3.8, 4) is 0 Å². The number of esters is 1. The fraction of sp³-hybridized carbons (Fsp3) is 0.500. The van der Waals surface area contributed by atoms with Crippen LogP contribution < -0.4 is 4.72 Å². The van der Waals surface area contributed by atoms with Gasteiger partial charge in [-0.15, -0.1) is 0 Å². The minimum atomic E-state index is -3.85. The van der Waals surface area contributed by atoms with Crippen LogP contribution in [0.5, 0.6) is 0 Å². The summed E-state index contributed by atoms with van der Waals surface area (Å²) in [5, 5.41) is 8.87. The normalized spacial score (nSPS) is 12.8. The van der Waals surface area contributed by atoms with Crippen molar-refractivity contribution in [2.45, 2.75) is 31.7 Å². The fourth-order valence-corrected chi connectivity index (χ4v) is 3.30. The molecule has 1 unspecified atom stereocenters. The van der Waals surface area contributed by atoms with Gasteiger partial charge in [0.15, 0.2) is 0 Å². The highest BCUT2D eigenvalue weighted by Gasteiger charge is 2.23. The molecule has 0 saturated heterocycles. The molecule has 0 bridgehead atoms. The van der Waals surface area contributed by atoms with Crippen LogP contribution in [0.25, 0.3) is 0 Å². The van der Waals surface area contributed by atoms with E-state index in [0.717, 1.165) is 9.87 Å². The first-order chi connectivity index (χ1) is 11.7. The molecule has 2 N–H and O–H groups in total. The molecule has 1 rings (SSSR count). The fourth-order valence-electron chi connectivity index (χ4n) is 2.17. The molecule has 9 heteroatoms. The molecular weight excluding hydrogens is 348 g/mol. The lowest BCUT2D eigenvalue weighted by molar-refractivity contribution is -0.140. The van der Waals surface area contributed by atoms with Crippen molar-refractivity contribution in [3.63, 3.8) is 0 Å². The van der Waals surface area contributed by atoms with Crippen LogP contribution in [-0.4, -0.2) is 56.5 Å². The largest absolute Gasteiger partial charge is 0.481 e. The van der Waals surface area contributed by atoms with Crippen LogP contribution in [0.15, 0.2) is 30.3 Å². The number of aliphatic carboxylic acids is 1. The van der Waals surface area contributed by atoms with Crippen molar-refractivity contribution < 1.29 is 27.9 Å². The van der Waals surface area contributed by atoms with E-state index in [1.54, 1.807) is 0 Å². The SMILES string of the molecule is COC(=O)CCN(C)S(=O)(=O)NC(CCC(=O)O)Cc1ccccc1. The summed E-state index contributed by atoms with van der Waals surface area (Å²) in [6.07, 6.45) is 0.324. The lowest BCUT2D eigenvalue weighted by atomic mass is 10.0. The number of rotatable bonds is 11. The van der Waals surface area contributed by atoms with Gasteiger partial charge in [0.1, 0.15) is 0 Å². The molecule has 0 spiro atoms. The lowest BCUT2D eigenvalue weighted by Crippen LogP contribution is -2.45. The highest BCUT2D eigenvalue weighted by atomic mass is 32.2. The number of carbonyl (C=O) groups excluding carboxylic acids is 1. The third kappa shape index (κ3) is 8.10. The molecule has 0 aliphatic heterocycles. The minimum absolute atomic E-state index is 0.0288. The number of benzene rings is 1. The highest BCUT2D eigenvalue weighted by Crippen LogP contribution is 2.10. The molecule has 0 radical (unpaired) electrons. The number of carboxylic acid groups (broad SMARTS) is 1. The highest BCUT2D eigenvalue weighted by molar-refractivity contribution is 7.87. The maximum absolute atomic E-state index is 12.4. The van der Waals surface area contributed by atoms with Gasteiger partial charge in [-0.2, -0.15) is 17.4 Å². The van der Waals surface area contributed by atoms with E-state index in [-0.39, 0.29) is 25.8 Å². The summed E-state index contributed by atoms with van der Waals surface area (Å²) in [6, 6.07) is 8.65. The Balaban J connectivity index is 2.76. The third-order valence-corrected chi connectivity index (χ3v) is 5.25. The summed E-state index contributed by atoms with van der Waals surface area (Å²) in [4.78, 5) is 22.0. The van der Waals surface area contributed by atoms with Crippen LogP contribution in [0.1, 0.15) is 24.8 Å². The van der Waals surface area contributed by atoms with Gasteiger partial charge in [-0.25, -0.2) is 0 Å². The van der Waals surface area contributed by atoms with Crippen LogP contribution in [-0.2, 0) is 31.0 Å². The van der Waals surface area contributed by atoms with Gasteiger partial charge in [0.05, 0.1) is 13.5 Å². The third-order valence-electron chi connectivity index (χ3n) is 3.62. The standard InChI is InChI=1S/C16H24N2O6S/c1-18(11-10-16(21)24-2)25(22,23)17-14(8-9-15(19)20)12-13-6-4-3-5-7-13/h3-7,14,17H,8-12H2,1-2H3,(H,19,20). The van der Waals surface area contributed by atoms with Gasteiger partial charge in [-0.1, -0.05) is 30.3 Å². The van der Waals surface area contributed by atoms with Crippen LogP contribution in [0, 0.1) is 0 Å². The van der Waals surface area contributed by atoms with Crippen LogP contribution in [0.2, 0.25) is 0 Å². The number of hydrogen-bond acceptors (Lipinski definition) is 5. The monoisotopic (exact) mass is 372 g/mol. The summed E-state index contributed by atoms with van der Waals surface area (Å²) in [7, 11) is -1.27. The minimum Gasteiger partial charge on any atom is -0.481 e. The molecule has 0 aromatic heterocycles. The molecule has 1 aromatic rings. The lowest BCUT2D eigenvalue weighted by Gasteiger charge is -2.23. The molecular formula is C16H24N2O6S. The first kappa shape index (κ1) is 21.1. The molecule has 0 aliphatic rings. The second-order valence-electron chi connectivity index (χ2n) is 5.59. The molecule has 0 heterocycles. The number of carboxylic acids is 1. The summed E-state index contributed by atoms with van der Waals surface area (Å²) in [5.41, 5.74) is 0.901. The van der Waals surface area contributed by atoms with Gasteiger partial charge in [0.2, 0.25) is 0 Å². The zero-order valence-electron chi connectivity index (χ0n) is 14.3. The second-order valence-corrected chi connectivity index (χ2v) is 7.40. The van der Waals surface area contributed by atoms with Gasteiger partial charge in [-0.3, -0.25) is 9.59 Å². The van der Waals surface area contributed by atoms with E-state index in [0.29, 0.717) is 6.42 Å². The number of nitrogens with one attached hydrogen (secondary N) is 1. The molecule has 1 aromatic carbocycles. The first-order valence-corrected chi connectivity index (χ1v) is 9.24. The zero-order valence-corrected chi connectivity index (χ0v) is 15.2. The summed E-state index contributed by atoms with van der Waals surface area (Å²) in [6.45, 7) is -0.0288. The Morgan fingerprint density at radius 3 is 2.44 bits per heavy atom. The molecule has 0 aliphatic carbocycles. The van der Waals surface area contributed by atoms with Crippen molar-refractivity contribution in [1.82, 2.24) is 9.03 Å². The Morgan fingerprint density at radius 1 is 1.24 bits per heavy atom. The predicted octanol–water partition coefficient (Wildman–Crippen LogP) is 0.792. The van der Waals surface area contributed by atoms with Crippen LogP contribution in [0.3, 0.4) is 0 Å². The van der Waals surface area contributed by atoms with Crippen molar-refractivity contribution in [1.29, 1.82) is 0 Å². The second kappa shape index (κ2) is 10.1. The van der Waals surface area contributed by atoms with E-state index in [1.807, 2.05) is 30.3 Å². The molecule has 25 heavy (non-hydrogen) atoms. The Kier molecular flexibility index (Phi) is 8.53. The maximum atomic E-state index is 12.4. The quantitative estimate of drug-likeness (QED) is 0.555. The Labute approximate surface area is 148 Å². The van der Waals surface area contributed by atoms with Crippen LogP contribution >= 0.6 is 0 Å². The Hall–Kier alpha value is -1.97. The summed E-state index contributed by atoms with van der Waals surface area (Å²) >= 11 is 0. The predicted molar refractivity (Wildman–Crippen MR) is 92.1 cm³/mol. The van der Waals surface area contributed by atoms with Crippen LogP contribution in [0.4, 0.5) is 0 Å². The maximum Gasteiger partial charge on any atom is 0.306 e. The first-order valence-electron chi connectivity index (χ1n) is 7.80. The van der Waals surface area contributed by atoms with E-state index in [9.17, 15) is 18.0 Å². The average molecular weight is 372 g/mol. The van der Waals surface area contributed by atoms with Crippen molar-refractivity contribution in [2.24, 2.45) is 0 Å². The van der Waals surface area contributed by atoms with Gasteiger partial charge in [0.25, 0.3) is 10.2 Å². The van der Waals surface area contributed by atoms with Gasteiger partial charge < -0.3 is 9.84 Å². The topological polar surface area (TPSA) is 113 Å². The molecule has 1 atom stereocenters. The smallest absolute Gasteiger partial charge is 0.306 e. The Morgan fingerprint density at radius 2 is 1.88 bits per heavy atom. The van der Waals surface area contributed by atoms with Crippen molar-refractivity contribution in [3.05, 3.63) is 35.9 Å². The number of nitrogens with zero attached hydrogens (tertiary/aromatic N) is 1. The molecule has 140 valence electrons.